The number of fused-ring (bicyclic) bond motifs is 4. The van der Waals surface area contributed by atoms with E-state index >= 15 is 0 Å². The van der Waals surface area contributed by atoms with Gasteiger partial charge in [-0.15, -0.1) is 0 Å². The van der Waals surface area contributed by atoms with Crippen LogP contribution in [-0.2, 0) is 16.0 Å². The maximum Gasteiger partial charge on any atom is 0.186 e. The van der Waals surface area contributed by atoms with Gasteiger partial charge < -0.3 is 0 Å². The summed E-state index contributed by atoms with van der Waals surface area (Å²) in [5, 5.41) is 2.61. The first-order valence-electron chi connectivity index (χ1n) is 9.14. The van der Waals surface area contributed by atoms with Gasteiger partial charge in [-0.05, 0) is 82.5 Å². The van der Waals surface area contributed by atoms with Crippen LogP contribution in [-0.4, -0.2) is 11.6 Å². The SMILES string of the molecule is O=C1C=CC(=O)C(C2=CCCC3=C2CCc2c3ccc3ccccc23)=C1. The Morgan fingerprint density at radius 2 is 1.65 bits per heavy atom. The molecule has 126 valence electrons. The lowest BCUT2D eigenvalue weighted by molar-refractivity contribution is -0.114. The highest BCUT2D eigenvalue weighted by Gasteiger charge is 2.28. The predicted molar refractivity (Wildman–Crippen MR) is 104 cm³/mol. The number of allylic oxidation sites excluding steroid dienone is 8. The number of carbonyl (C=O) groups excluding carboxylic acids is 2. The molecule has 0 fully saturated rings. The molecule has 0 saturated carbocycles. The van der Waals surface area contributed by atoms with Gasteiger partial charge in [-0.1, -0.05) is 42.5 Å². The Bertz CT molecular complexity index is 1110. The molecule has 0 amide bonds. The van der Waals surface area contributed by atoms with Crippen LogP contribution in [0.25, 0.3) is 16.3 Å². The lowest BCUT2D eigenvalue weighted by Gasteiger charge is -2.30. The zero-order valence-corrected chi connectivity index (χ0v) is 14.4. The number of hydrogen-bond donors (Lipinski definition) is 0. The average molecular weight is 338 g/mol. The molecule has 0 aromatic heterocycles. The molecule has 0 heterocycles. The summed E-state index contributed by atoms with van der Waals surface area (Å²) in [5.74, 6) is -0.163. The summed E-state index contributed by atoms with van der Waals surface area (Å²) >= 11 is 0. The van der Waals surface area contributed by atoms with Gasteiger partial charge in [0.15, 0.2) is 11.6 Å². The lowest BCUT2D eigenvalue weighted by Crippen LogP contribution is -2.16. The van der Waals surface area contributed by atoms with Crippen LogP contribution in [0.3, 0.4) is 0 Å². The minimum absolute atomic E-state index is 0.0612. The second-order valence-electron chi connectivity index (χ2n) is 7.08. The van der Waals surface area contributed by atoms with Crippen LogP contribution < -0.4 is 0 Å². The molecule has 0 spiro atoms. The monoisotopic (exact) mass is 338 g/mol. The third kappa shape index (κ3) is 2.26. The molecule has 0 aliphatic heterocycles. The standard InChI is InChI=1S/C24H18O2/c25-16-9-13-24(26)23(14-16)19-7-3-6-18-21-10-8-15-4-1-2-5-17(15)20(21)11-12-22(18)19/h1-2,4-5,7-10,13-14H,3,6,11-12H2. The van der Waals surface area contributed by atoms with Crippen molar-refractivity contribution in [1.82, 2.24) is 0 Å². The average Bonchev–Trinajstić information content (AvgIpc) is 2.69. The highest BCUT2D eigenvalue weighted by Crippen LogP contribution is 2.44. The maximum absolute atomic E-state index is 12.4. The predicted octanol–water partition coefficient (Wildman–Crippen LogP) is 4.89. The number of aryl methyl sites for hydroxylation is 1. The van der Waals surface area contributed by atoms with E-state index in [1.165, 1.54) is 51.3 Å². The van der Waals surface area contributed by atoms with Crippen LogP contribution in [0.15, 0.2) is 77.4 Å². The fourth-order valence-electron chi connectivity index (χ4n) is 4.51. The van der Waals surface area contributed by atoms with Crippen LogP contribution in [0.1, 0.15) is 30.4 Å². The number of benzene rings is 2. The van der Waals surface area contributed by atoms with E-state index in [1.807, 2.05) is 0 Å². The minimum atomic E-state index is -0.101. The molecular formula is C24H18O2. The Balaban J connectivity index is 1.68. The normalized spacial score (nSPS) is 19.2. The molecule has 2 nitrogen and oxygen atoms in total. The van der Waals surface area contributed by atoms with Crippen molar-refractivity contribution in [2.24, 2.45) is 0 Å². The van der Waals surface area contributed by atoms with Crippen molar-refractivity contribution in [3.63, 3.8) is 0 Å². The first-order valence-corrected chi connectivity index (χ1v) is 9.14. The van der Waals surface area contributed by atoms with Crippen molar-refractivity contribution >= 4 is 27.9 Å². The van der Waals surface area contributed by atoms with E-state index in [2.05, 4.69) is 42.5 Å². The van der Waals surface area contributed by atoms with Gasteiger partial charge in [0, 0.05) is 5.57 Å². The van der Waals surface area contributed by atoms with Crippen LogP contribution >= 0.6 is 0 Å². The second-order valence-corrected chi connectivity index (χ2v) is 7.08. The molecule has 0 unspecified atom stereocenters. The smallest absolute Gasteiger partial charge is 0.186 e. The Hall–Kier alpha value is -3.00. The van der Waals surface area contributed by atoms with Crippen molar-refractivity contribution in [1.29, 1.82) is 0 Å². The van der Waals surface area contributed by atoms with Crippen molar-refractivity contribution in [2.45, 2.75) is 25.7 Å². The highest BCUT2D eigenvalue weighted by molar-refractivity contribution is 6.20. The second kappa shape index (κ2) is 5.77. The molecule has 5 rings (SSSR count). The summed E-state index contributed by atoms with van der Waals surface area (Å²) in [6.07, 6.45) is 10.2. The first-order chi connectivity index (χ1) is 12.7. The third-order valence-corrected chi connectivity index (χ3v) is 5.66. The van der Waals surface area contributed by atoms with E-state index in [-0.39, 0.29) is 11.6 Å². The van der Waals surface area contributed by atoms with E-state index in [0.29, 0.717) is 5.57 Å². The van der Waals surface area contributed by atoms with Gasteiger partial charge >= 0.3 is 0 Å². The maximum atomic E-state index is 12.4. The Morgan fingerprint density at radius 3 is 2.58 bits per heavy atom. The van der Waals surface area contributed by atoms with Crippen molar-refractivity contribution in [3.05, 3.63) is 88.5 Å². The van der Waals surface area contributed by atoms with Crippen LogP contribution in [0.5, 0.6) is 0 Å². The zero-order valence-electron chi connectivity index (χ0n) is 14.4. The molecule has 3 aliphatic carbocycles. The molecule has 3 aliphatic rings. The largest absolute Gasteiger partial charge is 0.290 e. The summed E-state index contributed by atoms with van der Waals surface area (Å²) in [4.78, 5) is 24.2. The van der Waals surface area contributed by atoms with E-state index in [9.17, 15) is 9.59 Å². The minimum Gasteiger partial charge on any atom is -0.290 e. The molecule has 26 heavy (non-hydrogen) atoms. The Kier molecular flexibility index (Phi) is 3.39. The lowest BCUT2D eigenvalue weighted by atomic mass is 9.74. The molecule has 0 atom stereocenters. The molecule has 2 aromatic rings. The van der Waals surface area contributed by atoms with Gasteiger partial charge in [0.05, 0.1) is 0 Å². The van der Waals surface area contributed by atoms with Crippen LogP contribution in [0, 0.1) is 0 Å². The first kappa shape index (κ1) is 15.3. The van der Waals surface area contributed by atoms with Gasteiger partial charge in [0.25, 0.3) is 0 Å². The number of rotatable bonds is 1. The fraction of sp³-hybridized carbons (Fsp3) is 0.167. The molecule has 2 aromatic carbocycles. The van der Waals surface area contributed by atoms with Gasteiger partial charge in [-0.25, -0.2) is 0 Å². The fourth-order valence-corrected chi connectivity index (χ4v) is 4.51. The summed E-state index contributed by atoms with van der Waals surface area (Å²) < 4.78 is 0. The van der Waals surface area contributed by atoms with E-state index < -0.39 is 0 Å². The van der Waals surface area contributed by atoms with Gasteiger partial charge in [0.2, 0.25) is 0 Å². The molecule has 0 bridgehead atoms. The molecule has 2 heteroatoms. The Labute approximate surface area is 152 Å². The molecule has 0 saturated heterocycles. The van der Waals surface area contributed by atoms with E-state index in [1.54, 1.807) is 0 Å². The van der Waals surface area contributed by atoms with Crippen molar-refractivity contribution in [2.75, 3.05) is 0 Å². The zero-order chi connectivity index (χ0) is 17.7. The van der Waals surface area contributed by atoms with Crippen LogP contribution in [0.2, 0.25) is 0 Å². The van der Waals surface area contributed by atoms with Gasteiger partial charge in [-0.2, -0.15) is 0 Å². The topological polar surface area (TPSA) is 34.1 Å². The molecule has 0 N–H and O–H groups in total. The summed E-state index contributed by atoms with van der Waals surface area (Å²) in [7, 11) is 0. The van der Waals surface area contributed by atoms with Gasteiger partial charge in [0.1, 0.15) is 0 Å². The summed E-state index contributed by atoms with van der Waals surface area (Å²) in [6, 6.07) is 13.0. The number of hydrogen-bond acceptors (Lipinski definition) is 2. The molecule has 0 radical (unpaired) electrons. The van der Waals surface area contributed by atoms with E-state index in [4.69, 9.17) is 0 Å². The summed E-state index contributed by atoms with van der Waals surface area (Å²) in [6.45, 7) is 0. The van der Waals surface area contributed by atoms with E-state index in [0.717, 1.165) is 31.3 Å². The van der Waals surface area contributed by atoms with Crippen molar-refractivity contribution in [3.8, 4) is 0 Å². The molecular weight excluding hydrogens is 320 g/mol. The quantitative estimate of drug-likeness (QED) is 0.694. The number of carbonyl (C=O) groups is 2. The Morgan fingerprint density at radius 1 is 0.769 bits per heavy atom. The summed E-state index contributed by atoms with van der Waals surface area (Å²) in [5.41, 5.74) is 6.89. The van der Waals surface area contributed by atoms with Crippen molar-refractivity contribution < 1.29 is 9.59 Å². The van der Waals surface area contributed by atoms with Crippen LogP contribution in [0.4, 0.5) is 0 Å². The number of ketones is 2. The highest BCUT2D eigenvalue weighted by atomic mass is 16.1. The van der Waals surface area contributed by atoms with Gasteiger partial charge in [-0.3, -0.25) is 9.59 Å². The third-order valence-electron chi connectivity index (χ3n) is 5.66.